The SMILES string of the molecule is COc1cc(F)[c]c(F)c1-c1cccc(OC(C)C)c1. The molecule has 0 atom stereocenters. The summed E-state index contributed by atoms with van der Waals surface area (Å²) in [7, 11) is 1.37. The van der Waals surface area contributed by atoms with E-state index in [9.17, 15) is 8.78 Å². The molecule has 4 heteroatoms. The van der Waals surface area contributed by atoms with E-state index in [0.29, 0.717) is 11.3 Å². The summed E-state index contributed by atoms with van der Waals surface area (Å²) in [6.07, 6.45) is 0.0109. The van der Waals surface area contributed by atoms with Gasteiger partial charge < -0.3 is 9.47 Å². The van der Waals surface area contributed by atoms with Gasteiger partial charge in [0.05, 0.1) is 24.8 Å². The van der Waals surface area contributed by atoms with Gasteiger partial charge in [0.15, 0.2) is 0 Å². The highest BCUT2D eigenvalue weighted by Crippen LogP contribution is 2.34. The van der Waals surface area contributed by atoms with Crippen molar-refractivity contribution < 1.29 is 18.3 Å². The maximum absolute atomic E-state index is 14.0. The first-order valence-corrected chi connectivity index (χ1v) is 6.23. The average molecular weight is 277 g/mol. The lowest BCUT2D eigenvalue weighted by atomic mass is 10.0. The van der Waals surface area contributed by atoms with Gasteiger partial charge in [-0.05, 0) is 31.5 Å². The van der Waals surface area contributed by atoms with Crippen LogP contribution in [0.4, 0.5) is 8.78 Å². The van der Waals surface area contributed by atoms with Gasteiger partial charge in [0.2, 0.25) is 0 Å². The first-order chi connectivity index (χ1) is 9.51. The second kappa shape index (κ2) is 5.90. The standard InChI is InChI=1S/C16H15F2O2/c1-10(2)20-13-6-4-5-11(7-13)16-14(18)8-12(17)9-15(16)19-3/h4-7,9-10H,1-3H3. The molecular weight excluding hydrogens is 262 g/mol. The first kappa shape index (κ1) is 14.3. The van der Waals surface area contributed by atoms with E-state index in [0.717, 1.165) is 6.07 Å². The summed E-state index contributed by atoms with van der Waals surface area (Å²) < 4.78 is 37.7. The molecule has 0 aliphatic heterocycles. The molecule has 0 spiro atoms. The van der Waals surface area contributed by atoms with E-state index in [1.165, 1.54) is 7.11 Å². The van der Waals surface area contributed by atoms with Crippen molar-refractivity contribution in [1.82, 2.24) is 0 Å². The van der Waals surface area contributed by atoms with Crippen molar-refractivity contribution in [2.45, 2.75) is 20.0 Å². The van der Waals surface area contributed by atoms with Crippen LogP contribution in [0.15, 0.2) is 30.3 Å². The van der Waals surface area contributed by atoms with Gasteiger partial charge in [0.1, 0.15) is 23.1 Å². The number of hydrogen-bond acceptors (Lipinski definition) is 2. The Bertz CT molecular complexity index is 609. The Morgan fingerprint density at radius 3 is 2.55 bits per heavy atom. The minimum atomic E-state index is -0.794. The molecule has 0 heterocycles. The minimum absolute atomic E-state index is 0.0109. The van der Waals surface area contributed by atoms with Crippen molar-refractivity contribution in [2.75, 3.05) is 7.11 Å². The number of ether oxygens (including phenoxy) is 2. The smallest absolute Gasteiger partial charge is 0.145 e. The van der Waals surface area contributed by atoms with Crippen LogP contribution in [0, 0.1) is 17.7 Å². The van der Waals surface area contributed by atoms with Crippen LogP contribution < -0.4 is 9.47 Å². The van der Waals surface area contributed by atoms with Gasteiger partial charge in [-0.25, -0.2) is 8.78 Å². The third kappa shape index (κ3) is 3.07. The van der Waals surface area contributed by atoms with E-state index in [1.807, 2.05) is 19.9 Å². The quantitative estimate of drug-likeness (QED) is 0.832. The Morgan fingerprint density at radius 2 is 1.90 bits per heavy atom. The number of halogens is 2. The van der Waals surface area contributed by atoms with Crippen LogP contribution in [-0.4, -0.2) is 13.2 Å². The number of hydrogen-bond donors (Lipinski definition) is 0. The van der Waals surface area contributed by atoms with E-state index in [2.05, 4.69) is 0 Å². The molecule has 0 bridgehead atoms. The first-order valence-electron chi connectivity index (χ1n) is 6.23. The summed E-state index contributed by atoms with van der Waals surface area (Å²) in [6.45, 7) is 3.80. The minimum Gasteiger partial charge on any atom is -0.496 e. The summed E-state index contributed by atoms with van der Waals surface area (Å²) in [5.74, 6) is -0.843. The van der Waals surface area contributed by atoms with Crippen molar-refractivity contribution in [3.8, 4) is 22.6 Å². The zero-order valence-corrected chi connectivity index (χ0v) is 11.5. The molecule has 105 valence electrons. The van der Waals surface area contributed by atoms with E-state index in [-0.39, 0.29) is 17.4 Å². The van der Waals surface area contributed by atoms with Gasteiger partial charge in [-0.15, -0.1) is 0 Å². The van der Waals surface area contributed by atoms with E-state index in [4.69, 9.17) is 9.47 Å². The molecule has 0 fully saturated rings. The molecule has 2 aromatic rings. The Kier molecular flexibility index (Phi) is 4.23. The number of rotatable bonds is 4. The summed E-state index contributed by atoms with van der Waals surface area (Å²) in [6, 6.07) is 10.0. The maximum Gasteiger partial charge on any atom is 0.145 e. The fourth-order valence-corrected chi connectivity index (χ4v) is 1.93. The molecule has 0 amide bonds. The monoisotopic (exact) mass is 277 g/mol. The van der Waals surface area contributed by atoms with Crippen LogP contribution in [0.1, 0.15) is 13.8 Å². The van der Waals surface area contributed by atoms with Crippen molar-refractivity contribution >= 4 is 0 Å². The second-order valence-electron chi connectivity index (χ2n) is 4.57. The van der Waals surface area contributed by atoms with Crippen molar-refractivity contribution in [3.63, 3.8) is 0 Å². The average Bonchev–Trinajstić information content (AvgIpc) is 2.37. The molecule has 1 radical (unpaired) electrons. The van der Waals surface area contributed by atoms with Gasteiger partial charge in [-0.2, -0.15) is 0 Å². The Hall–Kier alpha value is -2.10. The zero-order chi connectivity index (χ0) is 14.7. The molecular formula is C16H15F2O2. The molecule has 0 saturated carbocycles. The Morgan fingerprint density at radius 1 is 1.15 bits per heavy atom. The van der Waals surface area contributed by atoms with Gasteiger partial charge in [0.25, 0.3) is 0 Å². The third-order valence-corrected chi connectivity index (χ3v) is 2.67. The molecule has 0 unspecified atom stereocenters. The molecule has 0 aromatic heterocycles. The molecule has 0 aliphatic carbocycles. The van der Waals surface area contributed by atoms with Gasteiger partial charge in [-0.3, -0.25) is 0 Å². The van der Waals surface area contributed by atoms with E-state index >= 15 is 0 Å². The number of benzene rings is 2. The third-order valence-electron chi connectivity index (χ3n) is 2.67. The lowest BCUT2D eigenvalue weighted by Gasteiger charge is -2.13. The van der Waals surface area contributed by atoms with Gasteiger partial charge in [0, 0.05) is 6.07 Å². The maximum atomic E-state index is 14.0. The summed E-state index contributed by atoms with van der Waals surface area (Å²) in [4.78, 5) is 0. The summed E-state index contributed by atoms with van der Waals surface area (Å²) >= 11 is 0. The number of methoxy groups -OCH3 is 1. The Labute approximate surface area is 117 Å². The largest absolute Gasteiger partial charge is 0.496 e. The van der Waals surface area contributed by atoms with Crippen LogP contribution in [0.25, 0.3) is 11.1 Å². The second-order valence-corrected chi connectivity index (χ2v) is 4.57. The van der Waals surface area contributed by atoms with Crippen molar-refractivity contribution in [1.29, 1.82) is 0 Å². The molecule has 2 rings (SSSR count). The highest BCUT2D eigenvalue weighted by Gasteiger charge is 2.15. The van der Waals surface area contributed by atoms with Crippen molar-refractivity contribution in [3.05, 3.63) is 48.0 Å². The molecule has 2 aromatic carbocycles. The fraction of sp³-hybridized carbons (Fsp3) is 0.250. The van der Waals surface area contributed by atoms with Crippen molar-refractivity contribution in [2.24, 2.45) is 0 Å². The molecule has 0 saturated heterocycles. The van der Waals surface area contributed by atoms with Crippen LogP contribution in [0.3, 0.4) is 0 Å². The van der Waals surface area contributed by atoms with Crippen LogP contribution in [-0.2, 0) is 0 Å². The predicted octanol–water partition coefficient (Wildman–Crippen LogP) is 4.23. The van der Waals surface area contributed by atoms with Gasteiger partial charge >= 0.3 is 0 Å². The molecule has 20 heavy (non-hydrogen) atoms. The summed E-state index contributed by atoms with van der Waals surface area (Å²) in [5, 5.41) is 0. The van der Waals surface area contributed by atoms with Crippen LogP contribution >= 0.6 is 0 Å². The zero-order valence-electron chi connectivity index (χ0n) is 11.5. The Balaban J connectivity index is 2.51. The topological polar surface area (TPSA) is 18.5 Å². The summed E-state index contributed by atoms with van der Waals surface area (Å²) in [5.41, 5.74) is 0.719. The highest BCUT2D eigenvalue weighted by atomic mass is 19.1. The normalized spacial score (nSPS) is 10.7. The fourth-order valence-electron chi connectivity index (χ4n) is 1.93. The lowest BCUT2D eigenvalue weighted by molar-refractivity contribution is 0.242. The van der Waals surface area contributed by atoms with Gasteiger partial charge in [-0.1, -0.05) is 12.1 Å². The highest BCUT2D eigenvalue weighted by molar-refractivity contribution is 5.72. The molecule has 0 N–H and O–H groups in total. The molecule has 0 aliphatic rings. The molecule has 2 nitrogen and oxygen atoms in total. The van der Waals surface area contributed by atoms with E-state index in [1.54, 1.807) is 24.3 Å². The lowest BCUT2D eigenvalue weighted by Crippen LogP contribution is -2.05. The van der Waals surface area contributed by atoms with Crippen LogP contribution in [0.5, 0.6) is 11.5 Å². The predicted molar refractivity (Wildman–Crippen MR) is 72.9 cm³/mol. The van der Waals surface area contributed by atoms with Crippen LogP contribution in [0.2, 0.25) is 0 Å². The van der Waals surface area contributed by atoms with E-state index < -0.39 is 11.6 Å².